The average Bonchev–Trinajstić information content (AvgIpc) is 2.67. The third-order valence-electron chi connectivity index (χ3n) is 3.65. The number of nitro groups is 1. The molecule has 3 N–H and O–H groups in total. The highest BCUT2D eigenvalue weighted by Gasteiger charge is 2.35. The topological polar surface area (TPSA) is 106 Å². The summed E-state index contributed by atoms with van der Waals surface area (Å²) >= 11 is 25.1. The monoisotopic (exact) mass is 602 g/mol. The Balaban J connectivity index is 2.18. The smallest absolute Gasteiger partial charge is 0.296 e. The van der Waals surface area contributed by atoms with E-state index < -0.39 is 20.8 Å². The lowest BCUT2D eigenvalue weighted by atomic mass is 10.2. The Bertz CT molecular complexity index is 974. The molecule has 1 atom stereocenters. The number of methoxy groups -OCH3 is 1. The number of nitrogens with one attached hydrogen (secondary N) is 3. The first-order valence-electron chi connectivity index (χ1n) is 8.05. The number of nitro benzene ring substituents is 1. The van der Waals surface area contributed by atoms with Crippen LogP contribution in [0.1, 0.15) is 10.4 Å². The Hall–Kier alpha value is -1.60. The van der Waals surface area contributed by atoms with Gasteiger partial charge in [0.15, 0.2) is 5.11 Å². The predicted molar refractivity (Wildman–Crippen MR) is 130 cm³/mol. The lowest BCUT2D eigenvalue weighted by molar-refractivity contribution is -0.384. The zero-order valence-electron chi connectivity index (χ0n) is 15.1. The van der Waals surface area contributed by atoms with Crippen LogP contribution in [0.3, 0.4) is 0 Å². The van der Waals surface area contributed by atoms with Crippen LogP contribution in [-0.2, 0) is 0 Å². The van der Waals surface area contributed by atoms with Crippen molar-refractivity contribution >= 4 is 92.0 Å². The molecule has 0 aliphatic heterocycles. The zero-order valence-corrected chi connectivity index (χ0v) is 20.4. The van der Waals surface area contributed by atoms with Gasteiger partial charge < -0.3 is 20.7 Å². The summed E-state index contributed by atoms with van der Waals surface area (Å²) in [6.07, 6.45) is -1.23. The van der Waals surface area contributed by atoms with E-state index in [1.54, 1.807) is 24.3 Å². The maximum atomic E-state index is 12.6. The van der Waals surface area contributed by atoms with Gasteiger partial charge in [0.25, 0.3) is 11.6 Å². The number of ether oxygens (including phenoxy) is 1. The van der Waals surface area contributed by atoms with E-state index in [4.69, 9.17) is 51.8 Å². The van der Waals surface area contributed by atoms with Crippen LogP contribution in [-0.4, -0.2) is 33.0 Å². The van der Waals surface area contributed by atoms with E-state index >= 15 is 0 Å². The van der Waals surface area contributed by atoms with E-state index in [1.165, 1.54) is 25.3 Å². The SMILES string of the molecule is COc1ccc(NC(=S)N[C@@H](NC(=O)c2ccccc2I)C(Cl)(Cl)Cl)c([N+](=O)[O-])c1. The van der Waals surface area contributed by atoms with E-state index in [9.17, 15) is 14.9 Å². The average molecular weight is 604 g/mol. The van der Waals surface area contributed by atoms with Gasteiger partial charge in [-0.1, -0.05) is 46.9 Å². The van der Waals surface area contributed by atoms with Gasteiger partial charge in [-0.3, -0.25) is 14.9 Å². The summed E-state index contributed by atoms with van der Waals surface area (Å²) in [4.78, 5) is 23.3. The number of hydrogen-bond acceptors (Lipinski definition) is 5. The Morgan fingerprint density at radius 3 is 2.47 bits per heavy atom. The molecule has 1 amide bonds. The van der Waals surface area contributed by atoms with Crippen molar-refractivity contribution in [3.63, 3.8) is 0 Å². The van der Waals surface area contributed by atoms with Gasteiger partial charge in [0, 0.05) is 3.57 Å². The zero-order chi connectivity index (χ0) is 22.5. The number of benzene rings is 2. The summed E-state index contributed by atoms with van der Waals surface area (Å²) < 4.78 is 3.71. The van der Waals surface area contributed by atoms with Crippen molar-refractivity contribution in [2.45, 2.75) is 9.96 Å². The maximum Gasteiger partial charge on any atom is 0.296 e. The van der Waals surface area contributed by atoms with Crippen molar-refractivity contribution in [1.82, 2.24) is 10.6 Å². The standard InChI is InChI=1S/C17H14Cl3IN4O4S/c1-29-9-6-7-12(13(8-9)25(27)28)22-16(30)24-15(17(18,19)20)23-14(26)10-4-2-3-5-11(10)21/h2-8,15H,1H3,(H,23,26)(H2,22,24,30)/t15-/m1/s1. The van der Waals surface area contributed by atoms with E-state index in [-0.39, 0.29) is 16.5 Å². The van der Waals surface area contributed by atoms with Crippen LogP contribution in [0, 0.1) is 13.7 Å². The van der Waals surface area contributed by atoms with Gasteiger partial charge in [-0.05, 0) is 59.1 Å². The molecule has 30 heavy (non-hydrogen) atoms. The summed E-state index contributed by atoms with van der Waals surface area (Å²) in [5.74, 6) is -0.197. The van der Waals surface area contributed by atoms with Crippen LogP contribution >= 0.6 is 69.6 Å². The fourth-order valence-electron chi connectivity index (χ4n) is 2.24. The summed E-state index contributed by atoms with van der Waals surface area (Å²) in [7, 11) is 1.39. The molecule has 8 nitrogen and oxygen atoms in total. The van der Waals surface area contributed by atoms with E-state index in [0.29, 0.717) is 14.9 Å². The Labute approximate surface area is 205 Å². The molecule has 0 saturated heterocycles. The highest BCUT2D eigenvalue weighted by molar-refractivity contribution is 14.1. The van der Waals surface area contributed by atoms with Crippen LogP contribution < -0.4 is 20.7 Å². The summed E-state index contributed by atoms with van der Waals surface area (Å²) in [5.41, 5.74) is 0.195. The van der Waals surface area contributed by atoms with E-state index in [2.05, 4.69) is 16.0 Å². The number of halogens is 4. The first-order valence-corrected chi connectivity index (χ1v) is 10.7. The van der Waals surface area contributed by atoms with Crippen molar-refractivity contribution in [2.24, 2.45) is 0 Å². The molecule has 0 spiro atoms. The predicted octanol–water partition coefficient (Wildman–Crippen LogP) is 4.62. The maximum absolute atomic E-state index is 12.6. The van der Waals surface area contributed by atoms with Crippen molar-refractivity contribution in [3.05, 3.63) is 61.7 Å². The first kappa shape index (κ1) is 24.7. The number of carbonyl (C=O) groups excluding carboxylic acids is 1. The molecule has 0 bridgehead atoms. The number of nitrogens with zero attached hydrogens (tertiary/aromatic N) is 1. The number of carbonyl (C=O) groups is 1. The Kier molecular flexibility index (Phi) is 8.73. The number of rotatable bonds is 6. The molecule has 0 fully saturated rings. The van der Waals surface area contributed by atoms with E-state index in [1.807, 2.05) is 22.6 Å². The second-order valence-electron chi connectivity index (χ2n) is 5.67. The van der Waals surface area contributed by atoms with Gasteiger partial charge in [0.2, 0.25) is 3.79 Å². The Morgan fingerprint density at radius 1 is 1.23 bits per heavy atom. The molecule has 0 aliphatic carbocycles. The summed E-state index contributed by atoms with van der Waals surface area (Å²) in [6, 6.07) is 11.0. The van der Waals surface area contributed by atoms with Crippen molar-refractivity contribution in [3.8, 4) is 5.75 Å². The van der Waals surface area contributed by atoms with Crippen LogP contribution in [0.15, 0.2) is 42.5 Å². The molecule has 160 valence electrons. The first-order chi connectivity index (χ1) is 14.0. The molecule has 0 aromatic heterocycles. The van der Waals surface area contributed by atoms with Crippen molar-refractivity contribution in [1.29, 1.82) is 0 Å². The molecular formula is C17H14Cl3IN4O4S. The van der Waals surface area contributed by atoms with Crippen molar-refractivity contribution < 1.29 is 14.5 Å². The quantitative estimate of drug-likeness (QED) is 0.111. The fraction of sp³-hybridized carbons (Fsp3) is 0.176. The van der Waals surface area contributed by atoms with Crippen molar-refractivity contribution in [2.75, 3.05) is 12.4 Å². The number of alkyl halides is 3. The second kappa shape index (κ2) is 10.6. The fourth-order valence-corrected chi connectivity index (χ4v) is 3.43. The molecular weight excluding hydrogens is 590 g/mol. The van der Waals surface area contributed by atoms with Gasteiger partial charge in [0.05, 0.1) is 23.7 Å². The third kappa shape index (κ3) is 6.71. The number of hydrogen-bond donors (Lipinski definition) is 3. The highest BCUT2D eigenvalue weighted by atomic mass is 127. The number of amides is 1. The molecule has 0 saturated carbocycles. The summed E-state index contributed by atoms with van der Waals surface area (Å²) in [5, 5.41) is 19.1. The molecule has 2 aromatic carbocycles. The van der Waals surface area contributed by atoms with Crippen LogP contribution in [0.5, 0.6) is 5.75 Å². The van der Waals surface area contributed by atoms with Crippen LogP contribution in [0.2, 0.25) is 0 Å². The molecule has 0 radical (unpaired) electrons. The van der Waals surface area contributed by atoms with Gasteiger partial charge in [-0.15, -0.1) is 0 Å². The number of thiocarbonyl (C=S) groups is 1. The van der Waals surface area contributed by atoms with Gasteiger partial charge in [-0.25, -0.2) is 0 Å². The van der Waals surface area contributed by atoms with Crippen LogP contribution in [0.25, 0.3) is 0 Å². The minimum atomic E-state index is -1.98. The summed E-state index contributed by atoms with van der Waals surface area (Å²) in [6.45, 7) is 0. The highest BCUT2D eigenvalue weighted by Crippen LogP contribution is 2.31. The van der Waals surface area contributed by atoms with Gasteiger partial charge in [-0.2, -0.15) is 0 Å². The molecule has 0 unspecified atom stereocenters. The van der Waals surface area contributed by atoms with Crippen LogP contribution in [0.4, 0.5) is 11.4 Å². The third-order valence-corrected chi connectivity index (χ3v) is 5.46. The van der Waals surface area contributed by atoms with Gasteiger partial charge >= 0.3 is 0 Å². The molecule has 0 heterocycles. The largest absolute Gasteiger partial charge is 0.496 e. The molecule has 13 heteroatoms. The normalized spacial score (nSPS) is 11.9. The Morgan fingerprint density at radius 2 is 1.90 bits per heavy atom. The molecule has 2 aromatic rings. The minimum absolute atomic E-state index is 0.0882. The van der Waals surface area contributed by atoms with Gasteiger partial charge in [0.1, 0.15) is 17.6 Å². The van der Waals surface area contributed by atoms with E-state index in [0.717, 1.165) is 0 Å². The number of anilines is 1. The molecule has 2 rings (SSSR count). The lowest BCUT2D eigenvalue weighted by Crippen LogP contribution is -2.56. The second-order valence-corrected chi connectivity index (χ2v) is 9.61. The lowest BCUT2D eigenvalue weighted by Gasteiger charge is -2.28. The molecule has 0 aliphatic rings. The minimum Gasteiger partial charge on any atom is -0.496 e.